The number of rotatable bonds is 4. The Bertz CT molecular complexity index is 633. The van der Waals surface area contributed by atoms with Gasteiger partial charge in [0.05, 0.1) is 12.8 Å². The average Bonchev–Trinajstić information content (AvgIpc) is 2.43. The Balaban J connectivity index is 1.86. The number of nitrogens with zero attached hydrogens (tertiary/aromatic N) is 4. The Kier molecular flexibility index (Phi) is 4.97. The fraction of sp³-hybridized carbons (Fsp3) is 0.615. The lowest BCUT2D eigenvalue weighted by Crippen LogP contribution is -2.51. The molecule has 1 fully saturated rings. The molecular weight excluding hydrogens is 306 g/mol. The molecule has 9 heteroatoms. The summed E-state index contributed by atoms with van der Waals surface area (Å²) in [5.41, 5.74) is 1.67. The molecule has 1 amide bonds. The summed E-state index contributed by atoms with van der Waals surface area (Å²) >= 11 is 0. The third-order valence-corrected chi connectivity index (χ3v) is 4.74. The van der Waals surface area contributed by atoms with E-state index in [1.165, 1.54) is 10.6 Å². The summed E-state index contributed by atoms with van der Waals surface area (Å²) in [6, 6.07) is 1.86. The van der Waals surface area contributed by atoms with Crippen molar-refractivity contribution in [1.82, 2.24) is 19.2 Å². The molecule has 1 aromatic rings. The number of carbonyl (C=O) groups excluding carboxylic acids is 1. The van der Waals surface area contributed by atoms with Crippen molar-refractivity contribution in [2.24, 2.45) is 0 Å². The summed E-state index contributed by atoms with van der Waals surface area (Å²) in [6.07, 6.45) is 1.18. The van der Waals surface area contributed by atoms with E-state index in [0.717, 1.165) is 11.4 Å². The first kappa shape index (κ1) is 16.6. The van der Waals surface area contributed by atoms with Crippen LogP contribution in [0.4, 0.5) is 5.95 Å². The van der Waals surface area contributed by atoms with Crippen LogP contribution in [0.2, 0.25) is 0 Å². The van der Waals surface area contributed by atoms with Crippen LogP contribution in [-0.4, -0.2) is 72.5 Å². The summed E-state index contributed by atoms with van der Waals surface area (Å²) in [5, 5.41) is 2.92. The lowest BCUT2D eigenvalue weighted by molar-refractivity contribution is -0.130. The van der Waals surface area contributed by atoms with E-state index >= 15 is 0 Å². The van der Waals surface area contributed by atoms with Gasteiger partial charge in [0.1, 0.15) is 0 Å². The molecular formula is C13H21N5O3S. The summed E-state index contributed by atoms with van der Waals surface area (Å²) in [5.74, 6) is 0.344. The molecule has 0 atom stereocenters. The van der Waals surface area contributed by atoms with E-state index < -0.39 is 10.0 Å². The first-order chi connectivity index (χ1) is 10.3. The largest absolute Gasteiger partial charge is 0.345 e. The van der Waals surface area contributed by atoms with Crippen LogP contribution >= 0.6 is 0 Å². The van der Waals surface area contributed by atoms with Crippen molar-refractivity contribution < 1.29 is 13.2 Å². The van der Waals surface area contributed by atoms with E-state index in [1.54, 1.807) is 4.90 Å². The van der Waals surface area contributed by atoms with Crippen LogP contribution in [0.25, 0.3) is 0 Å². The first-order valence-electron chi connectivity index (χ1n) is 7.05. The highest BCUT2D eigenvalue weighted by molar-refractivity contribution is 7.88. The lowest BCUT2D eigenvalue weighted by atomic mass is 10.3. The van der Waals surface area contributed by atoms with Crippen molar-refractivity contribution in [3.8, 4) is 0 Å². The summed E-state index contributed by atoms with van der Waals surface area (Å²) in [7, 11) is -3.18. The molecule has 0 bridgehead atoms. The van der Waals surface area contributed by atoms with Gasteiger partial charge in [-0.15, -0.1) is 0 Å². The van der Waals surface area contributed by atoms with Gasteiger partial charge in [0.15, 0.2) is 0 Å². The van der Waals surface area contributed by atoms with E-state index in [0.29, 0.717) is 32.1 Å². The average molecular weight is 327 g/mol. The van der Waals surface area contributed by atoms with Gasteiger partial charge in [-0.3, -0.25) is 4.79 Å². The molecule has 0 aliphatic carbocycles. The SMILES string of the molecule is Cc1cc(C)nc(NCC(=O)N2CCN(S(C)(=O)=O)CC2)n1. The molecule has 0 aromatic carbocycles. The molecule has 22 heavy (non-hydrogen) atoms. The molecule has 122 valence electrons. The molecule has 1 aromatic heterocycles. The molecule has 1 aliphatic rings. The van der Waals surface area contributed by atoms with E-state index in [4.69, 9.17) is 0 Å². The minimum absolute atomic E-state index is 0.0871. The topological polar surface area (TPSA) is 95.5 Å². The van der Waals surface area contributed by atoms with Crippen LogP contribution in [0, 0.1) is 13.8 Å². The van der Waals surface area contributed by atoms with Gasteiger partial charge in [-0.25, -0.2) is 18.4 Å². The molecule has 1 aliphatic heterocycles. The van der Waals surface area contributed by atoms with E-state index in [9.17, 15) is 13.2 Å². The summed E-state index contributed by atoms with van der Waals surface area (Å²) in [4.78, 5) is 22.2. The third kappa shape index (κ3) is 4.38. The molecule has 1 saturated heterocycles. The highest BCUT2D eigenvalue weighted by atomic mass is 32.2. The molecule has 0 radical (unpaired) electrons. The zero-order valence-electron chi connectivity index (χ0n) is 13.0. The number of aryl methyl sites for hydroxylation is 2. The Labute approximate surface area is 130 Å². The second-order valence-corrected chi connectivity index (χ2v) is 7.35. The number of sulfonamides is 1. The quantitative estimate of drug-likeness (QED) is 0.809. The van der Waals surface area contributed by atoms with Gasteiger partial charge in [-0.1, -0.05) is 0 Å². The highest BCUT2D eigenvalue weighted by Crippen LogP contribution is 2.07. The number of carbonyl (C=O) groups is 1. The lowest BCUT2D eigenvalue weighted by Gasteiger charge is -2.33. The molecule has 0 unspecified atom stereocenters. The van der Waals surface area contributed by atoms with Crippen LogP contribution in [0.15, 0.2) is 6.07 Å². The minimum atomic E-state index is -3.18. The summed E-state index contributed by atoms with van der Waals surface area (Å²) in [6.45, 7) is 5.32. The maximum Gasteiger partial charge on any atom is 0.242 e. The molecule has 8 nitrogen and oxygen atoms in total. The Morgan fingerprint density at radius 3 is 2.23 bits per heavy atom. The van der Waals surface area contributed by atoms with Crippen LogP contribution in [0.5, 0.6) is 0 Å². The maximum absolute atomic E-state index is 12.1. The van der Waals surface area contributed by atoms with Gasteiger partial charge in [-0.05, 0) is 19.9 Å². The van der Waals surface area contributed by atoms with Crippen LogP contribution in [-0.2, 0) is 14.8 Å². The van der Waals surface area contributed by atoms with Crippen LogP contribution < -0.4 is 5.32 Å². The third-order valence-electron chi connectivity index (χ3n) is 3.44. The molecule has 1 N–H and O–H groups in total. The van der Waals surface area contributed by atoms with Crippen molar-refractivity contribution in [3.63, 3.8) is 0 Å². The van der Waals surface area contributed by atoms with Crippen molar-refractivity contribution >= 4 is 21.9 Å². The molecule has 0 saturated carbocycles. The number of aromatic nitrogens is 2. The van der Waals surface area contributed by atoms with E-state index in [1.807, 2.05) is 19.9 Å². The van der Waals surface area contributed by atoms with Crippen molar-refractivity contribution in [1.29, 1.82) is 0 Å². The molecule has 2 heterocycles. The molecule has 2 rings (SSSR count). The van der Waals surface area contributed by atoms with Crippen molar-refractivity contribution in [2.75, 3.05) is 44.3 Å². The van der Waals surface area contributed by atoms with Crippen molar-refractivity contribution in [2.45, 2.75) is 13.8 Å². The fourth-order valence-corrected chi connectivity index (χ4v) is 3.17. The maximum atomic E-state index is 12.1. The number of nitrogens with one attached hydrogen (secondary N) is 1. The number of hydrogen-bond acceptors (Lipinski definition) is 6. The normalized spacial score (nSPS) is 16.6. The van der Waals surface area contributed by atoms with Crippen molar-refractivity contribution in [3.05, 3.63) is 17.5 Å². The smallest absolute Gasteiger partial charge is 0.242 e. The van der Waals surface area contributed by atoms with Crippen LogP contribution in [0.3, 0.4) is 0 Å². The second kappa shape index (κ2) is 6.57. The fourth-order valence-electron chi connectivity index (χ4n) is 2.34. The number of hydrogen-bond donors (Lipinski definition) is 1. The van der Waals surface area contributed by atoms with Gasteiger partial charge in [0.25, 0.3) is 0 Å². The predicted octanol–water partition coefficient (Wildman–Crippen LogP) is -0.391. The van der Waals surface area contributed by atoms with Gasteiger partial charge in [0, 0.05) is 37.6 Å². The van der Waals surface area contributed by atoms with Gasteiger partial charge >= 0.3 is 0 Å². The second-order valence-electron chi connectivity index (χ2n) is 5.37. The van der Waals surface area contributed by atoms with E-state index in [-0.39, 0.29) is 12.5 Å². The minimum Gasteiger partial charge on any atom is -0.345 e. The number of anilines is 1. The Morgan fingerprint density at radius 2 is 1.73 bits per heavy atom. The zero-order valence-corrected chi connectivity index (χ0v) is 13.9. The Morgan fingerprint density at radius 1 is 1.18 bits per heavy atom. The van der Waals surface area contributed by atoms with Gasteiger partial charge in [-0.2, -0.15) is 4.31 Å². The summed E-state index contributed by atoms with van der Waals surface area (Å²) < 4.78 is 24.2. The number of piperazine rings is 1. The van der Waals surface area contributed by atoms with Gasteiger partial charge in [0.2, 0.25) is 21.9 Å². The monoisotopic (exact) mass is 327 g/mol. The highest BCUT2D eigenvalue weighted by Gasteiger charge is 2.25. The molecule has 0 spiro atoms. The van der Waals surface area contributed by atoms with E-state index in [2.05, 4.69) is 15.3 Å². The first-order valence-corrected chi connectivity index (χ1v) is 8.89. The standard InChI is InChI=1S/C13H21N5O3S/c1-10-8-11(2)16-13(15-10)14-9-12(19)17-4-6-18(7-5-17)22(3,20)21/h8H,4-7,9H2,1-3H3,(H,14,15,16). The zero-order chi connectivity index (χ0) is 16.3. The van der Waals surface area contributed by atoms with Crippen LogP contribution in [0.1, 0.15) is 11.4 Å². The predicted molar refractivity (Wildman–Crippen MR) is 83.0 cm³/mol. The Hall–Kier alpha value is -1.74. The van der Waals surface area contributed by atoms with Gasteiger partial charge < -0.3 is 10.2 Å². The number of amides is 1.